The first-order valence-corrected chi connectivity index (χ1v) is 8.05. The van der Waals surface area contributed by atoms with E-state index in [1.807, 2.05) is 6.07 Å². The molecule has 2 fully saturated rings. The van der Waals surface area contributed by atoms with E-state index in [-0.39, 0.29) is 11.6 Å². The highest BCUT2D eigenvalue weighted by Crippen LogP contribution is 2.34. The zero-order chi connectivity index (χ0) is 16.1. The summed E-state index contributed by atoms with van der Waals surface area (Å²) in [6.07, 6.45) is 3.15. The third kappa shape index (κ3) is 4.09. The summed E-state index contributed by atoms with van der Waals surface area (Å²) in [5.74, 6) is -1.23. The molecule has 2 heterocycles. The van der Waals surface area contributed by atoms with E-state index in [0.717, 1.165) is 25.7 Å². The van der Waals surface area contributed by atoms with Gasteiger partial charge in [0, 0.05) is 31.5 Å². The quantitative estimate of drug-likeness (QED) is 0.810. The van der Waals surface area contributed by atoms with Gasteiger partial charge in [0.05, 0.1) is 5.60 Å². The highest BCUT2D eigenvalue weighted by atomic mass is 16.5. The van der Waals surface area contributed by atoms with Crippen LogP contribution in [0, 0.1) is 0 Å². The number of benzene rings is 1. The molecule has 1 aromatic carbocycles. The average molecular weight is 318 g/mol. The summed E-state index contributed by atoms with van der Waals surface area (Å²) < 4.78 is 11.3. The lowest BCUT2D eigenvalue weighted by Crippen LogP contribution is -2.52. The molecule has 124 valence electrons. The van der Waals surface area contributed by atoms with Gasteiger partial charge >= 0.3 is 11.8 Å². The number of ether oxygens (including phenoxy) is 2. The normalized spacial score (nSPS) is 23.2. The van der Waals surface area contributed by atoms with Gasteiger partial charge in [0.25, 0.3) is 0 Å². The Labute approximate surface area is 135 Å². The molecule has 2 aliphatic heterocycles. The zero-order valence-corrected chi connectivity index (χ0v) is 13.0. The van der Waals surface area contributed by atoms with Crippen LogP contribution < -0.4 is 10.6 Å². The maximum absolute atomic E-state index is 12.1. The molecular formula is C17H22N2O4. The first kappa shape index (κ1) is 16.0. The van der Waals surface area contributed by atoms with Gasteiger partial charge in [-0.1, -0.05) is 18.2 Å². The molecule has 0 aliphatic carbocycles. The fraction of sp³-hybridized carbons (Fsp3) is 0.529. The minimum Gasteiger partial charge on any atom is -0.381 e. The lowest BCUT2D eigenvalue weighted by atomic mass is 9.84. The van der Waals surface area contributed by atoms with Crippen LogP contribution in [0.2, 0.25) is 0 Å². The van der Waals surface area contributed by atoms with E-state index in [4.69, 9.17) is 9.47 Å². The molecule has 1 aromatic rings. The van der Waals surface area contributed by atoms with E-state index in [2.05, 4.69) is 10.6 Å². The molecule has 6 heteroatoms. The van der Waals surface area contributed by atoms with Crippen molar-refractivity contribution in [1.29, 1.82) is 0 Å². The van der Waals surface area contributed by atoms with Gasteiger partial charge in [0.2, 0.25) is 0 Å². The van der Waals surface area contributed by atoms with Crippen LogP contribution in [0.25, 0.3) is 0 Å². The van der Waals surface area contributed by atoms with E-state index in [9.17, 15) is 9.59 Å². The van der Waals surface area contributed by atoms with Gasteiger partial charge in [-0.15, -0.1) is 0 Å². The number of amides is 2. The predicted molar refractivity (Wildman–Crippen MR) is 85.0 cm³/mol. The molecule has 0 saturated carbocycles. The summed E-state index contributed by atoms with van der Waals surface area (Å²) in [6, 6.07) is 8.93. The van der Waals surface area contributed by atoms with Crippen molar-refractivity contribution < 1.29 is 19.1 Å². The molecule has 6 nitrogen and oxygen atoms in total. The number of para-hydroxylation sites is 1. The summed E-state index contributed by atoms with van der Waals surface area (Å²) >= 11 is 0. The molecule has 2 saturated heterocycles. The van der Waals surface area contributed by atoms with Gasteiger partial charge in [0.1, 0.15) is 0 Å². The van der Waals surface area contributed by atoms with E-state index in [1.165, 1.54) is 0 Å². The van der Waals surface area contributed by atoms with Crippen molar-refractivity contribution in [2.75, 3.05) is 25.1 Å². The Kier molecular flexibility index (Phi) is 4.93. The minimum absolute atomic E-state index is 0.0316. The molecule has 3 rings (SSSR count). The summed E-state index contributed by atoms with van der Waals surface area (Å²) in [7, 11) is 0. The number of carbonyl (C=O) groups is 2. The first-order chi connectivity index (χ1) is 11.2. The monoisotopic (exact) mass is 318 g/mol. The van der Waals surface area contributed by atoms with E-state index in [0.29, 0.717) is 25.5 Å². The molecule has 2 amide bonds. The molecule has 1 unspecified atom stereocenters. The Morgan fingerprint density at radius 2 is 1.78 bits per heavy atom. The van der Waals surface area contributed by atoms with E-state index >= 15 is 0 Å². The van der Waals surface area contributed by atoms with Gasteiger partial charge in [0.15, 0.2) is 0 Å². The largest absolute Gasteiger partial charge is 0.381 e. The van der Waals surface area contributed by atoms with Crippen molar-refractivity contribution in [3.8, 4) is 0 Å². The number of anilines is 1. The van der Waals surface area contributed by atoms with Crippen LogP contribution in [-0.2, 0) is 19.1 Å². The standard InChI is InChI=1S/C17H22N2O4/c20-15(18-13-4-2-1-3-5-13)16(21)19-14-6-9-23-17(12-14)7-10-22-11-8-17/h1-5,14H,6-12H2,(H,18,20)(H,19,21). The predicted octanol–water partition coefficient (Wildman–Crippen LogP) is 1.47. The summed E-state index contributed by atoms with van der Waals surface area (Å²) in [5, 5.41) is 5.44. The molecule has 0 bridgehead atoms. The van der Waals surface area contributed by atoms with Crippen LogP contribution in [-0.4, -0.2) is 43.3 Å². The summed E-state index contributed by atoms with van der Waals surface area (Å²) in [4.78, 5) is 24.1. The number of carbonyl (C=O) groups excluding carboxylic acids is 2. The maximum atomic E-state index is 12.1. The second-order valence-corrected chi connectivity index (χ2v) is 6.13. The van der Waals surface area contributed by atoms with E-state index < -0.39 is 11.8 Å². The molecular weight excluding hydrogens is 296 g/mol. The Bertz CT molecular complexity index is 549. The summed E-state index contributed by atoms with van der Waals surface area (Å²) in [6.45, 7) is 1.98. The van der Waals surface area contributed by atoms with Crippen LogP contribution in [0.3, 0.4) is 0 Å². The van der Waals surface area contributed by atoms with Gasteiger partial charge in [-0.05, 0) is 37.8 Å². The lowest BCUT2D eigenvalue weighted by Gasteiger charge is -2.43. The smallest absolute Gasteiger partial charge is 0.313 e. The highest BCUT2D eigenvalue weighted by Gasteiger charge is 2.39. The SMILES string of the molecule is O=C(Nc1ccccc1)C(=O)NC1CCOC2(CCOCC2)C1. The van der Waals surface area contributed by atoms with Crippen molar-refractivity contribution in [3.63, 3.8) is 0 Å². The number of hydrogen-bond donors (Lipinski definition) is 2. The number of rotatable bonds is 2. The maximum Gasteiger partial charge on any atom is 0.313 e. The van der Waals surface area contributed by atoms with Crippen molar-refractivity contribution in [2.24, 2.45) is 0 Å². The van der Waals surface area contributed by atoms with Gasteiger partial charge < -0.3 is 20.1 Å². The second-order valence-electron chi connectivity index (χ2n) is 6.13. The highest BCUT2D eigenvalue weighted by molar-refractivity contribution is 6.39. The van der Waals surface area contributed by atoms with Gasteiger partial charge in [-0.25, -0.2) is 0 Å². The first-order valence-electron chi connectivity index (χ1n) is 8.05. The fourth-order valence-corrected chi connectivity index (χ4v) is 3.20. The molecule has 2 N–H and O–H groups in total. The third-order valence-electron chi connectivity index (χ3n) is 4.47. The van der Waals surface area contributed by atoms with Crippen molar-refractivity contribution in [2.45, 2.75) is 37.3 Å². The molecule has 1 spiro atoms. The second kappa shape index (κ2) is 7.10. The Balaban J connectivity index is 1.53. The molecule has 0 aromatic heterocycles. The van der Waals surface area contributed by atoms with Crippen molar-refractivity contribution in [3.05, 3.63) is 30.3 Å². The molecule has 2 aliphatic rings. The third-order valence-corrected chi connectivity index (χ3v) is 4.47. The number of hydrogen-bond acceptors (Lipinski definition) is 4. The van der Waals surface area contributed by atoms with Crippen LogP contribution in [0.5, 0.6) is 0 Å². The fourth-order valence-electron chi connectivity index (χ4n) is 3.20. The zero-order valence-electron chi connectivity index (χ0n) is 13.0. The lowest BCUT2D eigenvalue weighted by molar-refractivity contribution is -0.147. The van der Waals surface area contributed by atoms with Crippen LogP contribution in [0.15, 0.2) is 30.3 Å². The summed E-state index contributed by atoms with van der Waals surface area (Å²) in [5.41, 5.74) is 0.408. The topological polar surface area (TPSA) is 76.7 Å². The van der Waals surface area contributed by atoms with Crippen LogP contribution in [0.1, 0.15) is 25.7 Å². The van der Waals surface area contributed by atoms with Gasteiger partial charge in [-0.2, -0.15) is 0 Å². The van der Waals surface area contributed by atoms with Crippen molar-refractivity contribution in [1.82, 2.24) is 5.32 Å². The van der Waals surface area contributed by atoms with Crippen LogP contribution in [0.4, 0.5) is 5.69 Å². The Hall–Kier alpha value is -1.92. The van der Waals surface area contributed by atoms with Crippen LogP contribution >= 0.6 is 0 Å². The Morgan fingerprint density at radius 3 is 2.52 bits per heavy atom. The number of nitrogens with one attached hydrogen (secondary N) is 2. The minimum atomic E-state index is -0.635. The molecule has 1 atom stereocenters. The van der Waals surface area contributed by atoms with Crippen molar-refractivity contribution >= 4 is 17.5 Å². The molecule has 0 radical (unpaired) electrons. The molecule has 23 heavy (non-hydrogen) atoms. The van der Waals surface area contributed by atoms with E-state index in [1.54, 1.807) is 24.3 Å². The Morgan fingerprint density at radius 1 is 1.04 bits per heavy atom. The van der Waals surface area contributed by atoms with Gasteiger partial charge in [-0.3, -0.25) is 9.59 Å². The average Bonchev–Trinajstić information content (AvgIpc) is 2.56.